The van der Waals surface area contributed by atoms with Crippen molar-refractivity contribution in [1.82, 2.24) is 9.62 Å². The van der Waals surface area contributed by atoms with E-state index in [-0.39, 0.29) is 15.9 Å². The van der Waals surface area contributed by atoms with E-state index in [1.165, 1.54) is 0 Å². The van der Waals surface area contributed by atoms with Crippen molar-refractivity contribution < 1.29 is 22.7 Å². The molecule has 0 aromatic heterocycles. The predicted octanol–water partition coefficient (Wildman–Crippen LogP) is 3.40. The number of nitrogens with zero attached hydrogens (tertiary/aromatic N) is 1. The smallest absolute Gasteiger partial charge is 0.257 e. The number of benzene rings is 2. The number of carbonyl (C=O) groups excluding carboxylic acids is 1. The van der Waals surface area contributed by atoms with Gasteiger partial charge in [-0.2, -0.15) is 4.31 Å². The molecule has 0 bridgehead atoms. The summed E-state index contributed by atoms with van der Waals surface area (Å²) >= 11 is 5.22. The van der Waals surface area contributed by atoms with Gasteiger partial charge in [0.05, 0.1) is 11.5 Å². The molecule has 1 saturated heterocycles. The molecule has 0 spiro atoms. The van der Waals surface area contributed by atoms with E-state index >= 15 is 0 Å². The van der Waals surface area contributed by atoms with Crippen LogP contribution in [0, 0.1) is 0 Å². The van der Waals surface area contributed by atoms with Gasteiger partial charge in [-0.25, -0.2) is 8.42 Å². The van der Waals surface area contributed by atoms with Gasteiger partial charge in [0.15, 0.2) is 5.11 Å². The third-order valence-electron chi connectivity index (χ3n) is 5.21. The van der Waals surface area contributed by atoms with E-state index in [9.17, 15) is 13.2 Å². The summed E-state index contributed by atoms with van der Waals surface area (Å²) in [5, 5.41) is 5.64. The van der Waals surface area contributed by atoms with E-state index in [1.807, 2.05) is 0 Å². The summed E-state index contributed by atoms with van der Waals surface area (Å²) in [6.45, 7) is 2.01. The largest absolute Gasteiger partial charge is 0.491 e. The Morgan fingerprint density at radius 3 is 2.21 bits per heavy atom. The number of rotatable bonds is 8. The van der Waals surface area contributed by atoms with Crippen LogP contribution in [0.5, 0.6) is 5.75 Å². The molecule has 1 aliphatic heterocycles. The minimum Gasteiger partial charge on any atom is -0.491 e. The van der Waals surface area contributed by atoms with Crippen LogP contribution in [0.25, 0.3) is 0 Å². The second kappa shape index (κ2) is 12.1. The Bertz CT molecular complexity index is 1030. The van der Waals surface area contributed by atoms with Gasteiger partial charge in [-0.15, -0.1) is 0 Å². The van der Waals surface area contributed by atoms with Gasteiger partial charge in [-0.3, -0.25) is 10.1 Å². The van der Waals surface area contributed by atoms with Crippen molar-refractivity contribution in [2.45, 2.75) is 30.6 Å². The molecule has 8 nitrogen and oxygen atoms in total. The van der Waals surface area contributed by atoms with Gasteiger partial charge in [0.2, 0.25) is 10.0 Å². The second-order valence-electron chi connectivity index (χ2n) is 7.62. The summed E-state index contributed by atoms with van der Waals surface area (Å²) in [5.41, 5.74) is 1.01. The lowest BCUT2D eigenvalue weighted by Gasteiger charge is -2.20. The molecule has 0 unspecified atom stereocenters. The van der Waals surface area contributed by atoms with Crippen LogP contribution in [0.2, 0.25) is 0 Å². The minimum atomic E-state index is -3.51. The number of amides is 1. The molecule has 178 valence electrons. The van der Waals surface area contributed by atoms with Gasteiger partial charge in [-0.05, 0) is 73.6 Å². The van der Waals surface area contributed by atoms with Crippen LogP contribution >= 0.6 is 12.2 Å². The van der Waals surface area contributed by atoms with E-state index in [1.54, 1.807) is 59.9 Å². The maximum absolute atomic E-state index is 12.9. The number of sulfonamides is 1. The summed E-state index contributed by atoms with van der Waals surface area (Å²) in [5.74, 6) is 0.274. The summed E-state index contributed by atoms with van der Waals surface area (Å²) in [6.07, 6.45) is 3.89. The predicted molar refractivity (Wildman–Crippen MR) is 131 cm³/mol. The molecule has 1 aliphatic rings. The second-order valence-corrected chi connectivity index (χ2v) is 9.96. The van der Waals surface area contributed by atoms with Crippen molar-refractivity contribution >= 4 is 38.9 Å². The number of methoxy groups -OCH3 is 1. The minimum absolute atomic E-state index is 0.114. The number of anilines is 1. The van der Waals surface area contributed by atoms with E-state index in [0.29, 0.717) is 43.3 Å². The Balaban J connectivity index is 1.54. The summed E-state index contributed by atoms with van der Waals surface area (Å²) < 4.78 is 37.7. The average Bonchev–Trinajstić information content (AvgIpc) is 3.10. The molecule has 2 N–H and O–H groups in total. The summed E-state index contributed by atoms with van der Waals surface area (Å²) in [4.78, 5) is 12.7. The molecule has 0 atom stereocenters. The molecule has 0 aliphatic carbocycles. The van der Waals surface area contributed by atoms with Gasteiger partial charge in [0, 0.05) is 31.5 Å². The van der Waals surface area contributed by atoms with Crippen molar-refractivity contribution in [2.24, 2.45) is 0 Å². The van der Waals surface area contributed by atoms with Crippen molar-refractivity contribution in [2.75, 3.05) is 38.7 Å². The van der Waals surface area contributed by atoms with E-state index in [2.05, 4.69) is 10.6 Å². The molecule has 2 aromatic carbocycles. The molecule has 0 saturated carbocycles. The molecule has 3 rings (SSSR count). The number of carbonyl (C=O) groups is 1. The van der Waals surface area contributed by atoms with E-state index < -0.39 is 10.0 Å². The van der Waals surface area contributed by atoms with Crippen LogP contribution in [0.4, 0.5) is 5.69 Å². The highest BCUT2D eigenvalue weighted by Crippen LogP contribution is 2.22. The lowest BCUT2D eigenvalue weighted by atomic mass is 10.2. The van der Waals surface area contributed by atoms with Crippen LogP contribution in [0.1, 0.15) is 36.0 Å². The Hall–Kier alpha value is -2.53. The Labute approximate surface area is 200 Å². The lowest BCUT2D eigenvalue weighted by Crippen LogP contribution is -2.34. The van der Waals surface area contributed by atoms with Crippen molar-refractivity contribution in [3.05, 3.63) is 54.1 Å². The first-order valence-corrected chi connectivity index (χ1v) is 12.7. The maximum Gasteiger partial charge on any atom is 0.257 e. The highest BCUT2D eigenvalue weighted by molar-refractivity contribution is 7.89. The van der Waals surface area contributed by atoms with Crippen LogP contribution in [0.3, 0.4) is 0 Å². The molecule has 2 aromatic rings. The van der Waals surface area contributed by atoms with Crippen molar-refractivity contribution in [3.8, 4) is 5.75 Å². The Morgan fingerprint density at radius 1 is 0.970 bits per heavy atom. The highest BCUT2D eigenvalue weighted by Gasteiger charge is 2.25. The molecular weight excluding hydrogens is 462 g/mol. The first-order valence-electron chi connectivity index (χ1n) is 10.8. The zero-order valence-electron chi connectivity index (χ0n) is 18.6. The van der Waals surface area contributed by atoms with Crippen LogP contribution in [-0.2, 0) is 14.8 Å². The average molecular weight is 492 g/mol. The third kappa shape index (κ3) is 7.23. The zero-order chi connectivity index (χ0) is 23.7. The molecule has 33 heavy (non-hydrogen) atoms. The first-order chi connectivity index (χ1) is 15.9. The monoisotopic (exact) mass is 491 g/mol. The van der Waals surface area contributed by atoms with Crippen molar-refractivity contribution in [3.63, 3.8) is 0 Å². The molecule has 1 heterocycles. The summed E-state index contributed by atoms with van der Waals surface area (Å²) in [6, 6.07) is 13.1. The van der Waals surface area contributed by atoms with Crippen LogP contribution in [0.15, 0.2) is 53.4 Å². The summed E-state index contributed by atoms with van der Waals surface area (Å²) in [7, 11) is -1.91. The maximum atomic E-state index is 12.9. The third-order valence-corrected chi connectivity index (χ3v) is 7.33. The van der Waals surface area contributed by atoms with Gasteiger partial charge in [-0.1, -0.05) is 12.8 Å². The number of thiocarbonyl (C=S) groups is 1. The topological polar surface area (TPSA) is 97.0 Å². The standard InChI is InChI=1S/C23H29N3O5S2/c1-30-16-17-31-20-10-6-18(7-11-20)22(27)25-23(32)24-19-8-12-21(13-9-19)33(28,29)26-14-4-2-3-5-15-26/h6-13H,2-5,14-17H2,1H3,(H2,24,25,27,32). The Kier molecular flexibility index (Phi) is 9.19. The zero-order valence-corrected chi connectivity index (χ0v) is 20.2. The van der Waals surface area contributed by atoms with Gasteiger partial charge in [0.25, 0.3) is 5.91 Å². The molecule has 0 radical (unpaired) electrons. The van der Waals surface area contributed by atoms with Gasteiger partial charge < -0.3 is 14.8 Å². The quantitative estimate of drug-likeness (QED) is 0.431. The number of nitrogens with one attached hydrogen (secondary N) is 2. The van der Waals surface area contributed by atoms with E-state index in [4.69, 9.17) is 21.7 Å². The normalized spacial score (nSPS) is 14.8. The van der Waals surface area contributed by atoms with Crippen LogP contribution < -0.4 is 15.4 Å². The van der Waals surface area contributed by atoms with Gasteiger partial charge >= 0.3 is 0 Å². The highest BCUT2D eigenvalue weighted by atomic mass is 32.2. The fraction of sp³-hybridized carbons (Fsp3) is 0.391. The molecule has 1 amide bonds. The fourth-order valence-corrected chi connectivity index (χ4v) is 5.15. The van der Waals surface area contributed by atoms with E-state index in [0.717, 1.165) is 25.7 Å². The fourth-order valence-electron chi connectivity index (χ4n) is 3.42. The molecule has 1 fully saturated rings. The number of ether oxygens (including phenoxy) is 2. The SMILES string of the molecule is COCCOc1ccc(C(=O)NC(=S)Nc2ccc(S(=O)(=O)N3CCCCCC3)cc2)cc1. The lowest BCUT2D eigenvalue weighted by molar-refractivity contribution is 0.0977. The first kappa shape index (κ1) is 25.1. The van der Waals surface area contributed by atoms with Crippen molar-refractivity contribution in [1.29, 1.82) is 0 Å². The molecule has 10 heteroatoms. The van der Waals surface area contributed by atoms with Crippen LogP contribution in [-0.4, -0.2) is 57.2 Å². The number of hydrogen-bond acceptors (Lipinski definition) is 6. The molecular formula is C23H29N3O5S2. The van der Waals surface area contributed by atoms with Gasteiger partial charge in [0.1, 0.15) is 12.4 Å². The Morgan fingerprint density at radius 2 is 1.61 bits per heavy atom. The number of hydrogen-bond donors (Lipinski definition) is 2.